The molecule has 0 aliphatic carbocycles. The molecule has 0 bridgehead atoms. The van der Waals surface area contributed by atoms with Crippen LogP contribution in [0.5, 0.6) is 0 Å². The highest BCUT2D eigenvalue weighted by atomic mass is 16.6. The van der Waals surface area contributed by atoms with E-state index in [0.29, 0.717) is 12.8 Å². The number of ketones is 1. The van der Waals surface area contributed by atoms with Gasteiger partial charge in [0.1, 0.15) is 19.0 Å². The van der Waals surface area contributed by atoms with Gasteiger partial charge in [0.15, 0.2) is 6.10 Å². The number of rotatable bonds is 36. The molecule has 0 aromatic rings. The Morgan fingerprint density at radius 3 is 1.02 bits per heavy atom. The lowest BCUT2D eigenvalue weighted by Gasteiger charge is -2.18. The number of unbranched alkanes of at least 4 members (excludes halogenated alkanes) is 24. The van der Waals surface area contributed by atoms with E-state index in [1.165, 1.54) is 135 Å². The van der Waals surface area contributed by atoms with Gasteiger partial charge in [-0.3, -0.25) is 14.4 Å². The molecule has 0 saturated carbocycles. The summed E-state index contributed by atoms with van der Waals surface area (Å²) in [5.41, 5.74) is 0. The Balaban J connectivity index is 4.14. The Kier molecular flexibility index (Phi) is 33.9. The second-order valence-corrected chi connectivity index (χ2v) is 13.7. The van der Waals surface area contributed by atoms with E-state index in [1.54, 1.807) is 0 Å². The maximum Gasteiger partial charge on any atom is 0.306 e. The highest BCUT2D eigenvalue weighted by Crippen LogP contribution is 2.15. The first kappa shape index (κ1) is 45.1. The van der Waals surface area contributed by atoms with Crippen LogP contribution in [0, 0.1) is 0 Å². The number of hydrogen-bond acceptors (Lipinski definition) is 7. The standard InChI is InChI=1S/C40H74O7/c1-4-6-8-10-12-14-16-18-20-22-24-26-28-30-38(42)45-34-37(35-46-39(43)33-32-36(3)41)47-40(44)31-29-27-25-23-21-19-17-15-13-11-9-7-5-2/h37H,4-35H2,1-3H3/t37-/m1/s1. The van der Waals surface area contributed by atoms with Gasteiger partial charge in [-0.05, 0) is 19.8 Å². The molecule has 0 fully saturated rings. The minimum Gasteiger partial charge on any atom is -0.462 e. The van der Waals surface area contributed by atoms with Crippen LogP contribution in [0.4, 0.5) is 0 Å². The van der Waals surface area contributed by atoms with Crippen molar-refractivity contribution in [3.8, 4) is 0 Å². The highest BCUT2D eigenvalue weighted by Gasteiger charge is 2.19. The summed E-state index contributed by atoms with van der Waals surface area (Å²) in [6, 6.07) is 0. The lowest BCUT2D eigenvalue weighted by atomic mass is 10.0. The Bertz CT molecular complexity index is 751. The van der Waals surface area contributed by atoms with E-state index < -0.39 is 12.1 Å². The fraction of sp³-hybridized carbons (Fsp3) is 0.900. The molecule has 1 atom stereocenters. The van der Waals surface area contributed by atoms with Crippen molar-refractivity contribution in [2.75, 3.05) is 13.2 Å². The Morgan fingerprint density at radius 1 is 0.383 bits per heavy atom. The van der Waals surface area contributed by atoms with Crippen molar-refractivity contribution in [2.24, 2.45) is 0 Å². The molecule has 0 heterocycles. The molecule has 0 amide bonds. The second kappa shape index (κ2) is 35.4. The van der Waals surface area contributed by atoms with Crippen LogP contribution >= 0.6 is 0 Å². The summed E-state index contributed by atoms with van der Waals surface area (Å²) in [6.45, 7) is 5.60. The summed E-state index contributed by atoms with van der Waals surface area (Å²) < 4.78 is 16.2. The van der Waals surface area contributed by atoms with Crippen molar-refractivity contribution in [3.05, 3.63) is 0 Å². The van der Waals surface area contributed by atoms with Crippen LogP contribution in [-0.2, 0) is 33.4 Å². The van der Waals surface area contributed by atoms with E-state index in [4.69, 9.17) is 14.2 Å². The van der Waals surface area contributed by atoms with Gasteiger partial charge in [-0.15, -0.1) is 0 Å². The third kappa shape index (κ3) is 35.2. The molecule has 7 heteroatoms. The van der Waals surface area contributed by atoms with Gasteiger partial charge in [0.05, 0.1) is 6.42 Å². The molecule has 0 spiro atoms. The van der Waals surface area contributed by atoms with Gasteiger partial charge in [0.25, 0.3) is 0 Å². The largest absolute Gasteiger partial charge is 0.462 e. The van der Waals surface area contributed by atoms with E-state index in [0.717, 1.165) is 38.5 Å². The average Bonchev–Trinajstić information content (AvgIpc) is 3.05. The smallest absolute Gasteiger partial charge is 0.306 e. The summed E-state index contributed by atoms with van der Waals surface area (Å²) in [5, 5.41) is 0. The normalized spacial score (nSPS) is 11.7. The number of ether oxygens (including phenoxy) is 3. The van der Waals surface area contributed by atoms with Crippen LogP contribution in [0.1, 0.15) is 213 Å². The lowest BCUT2D eigenvalue weighted by Crippen LogP contribution is -2.31. The zero-order valence-electron chi connectivity index (χ0n) is 31.1. The Hall–Kier alpha value is -1.92. The molecule has 7 nitrogen and oxygen atoms in total. The minimum absolute atomic E-state index is 0.0200. The third-order valence-corrected chi connectivity index (χ3v) is 8.81. The molecular formula is C40H74O7. The molecule has 0 saturated heterocycles. The first-order valence-corrected chi connectivity index (χ1v) is 19.9. The van der Waals surface area contributed by atoms with Gasteiger partial charge >= 0.3 is 17.9 Å². The molecule has 276 valence electrons. The van der Waals surface area contributed by atoms with Crippen LogP contribution in [0.2, 0.25) is 0 Å². The summed E-state index contributed by atoms with van der Waals surface area (Å²) in [7, 11) is 0. The van der Waals surface area contributed by atoms with Crippen molar-refractivity contribution in [1.29, 1.82) is 0 Å². The number of hydrogen-bond donors (Lipinski definition) is 0. The van der Waals surface area contributed by atoms with Crippen LogP contribution in [0.25, 0.3) is 0 Å². The number of Topliss-reactive ketones (excluding diaryl/α,β-unsaturated/α-hetero) is 1. The Morgan fingerprint density at radius 2 is 0.681 bits per heavy atom. The van der Waals surface area contributed by atoms with Gasteiger partial charge in [-0.25, -0.2) is 0 Å². The first-order valence-electron chi connectivity index (χ1n) is 19.9. The van der Waals surface area contributed by atoms with Crippen molar-refractivity contribution in [2.45, 2.75) is 219 Å². The van der Waals surface area contributed by atoms with Crippen LogP contribution < -0.4 is 0 Å². The summed E-state index contributed by atoms with van der Waals surface area (Å²) in [4.78, 5) is 48.1. The van der Waals surface area contributed by atoms with Crippen LogP contribution in [0.3, 0.4) is 0 Å². The zero-order chi connectivity index (χ0) is 34.6. The number of carbonyl (C=O) groups excluding carboxylic acids is 4. The van der Waals surface area contributed by atoms with Gasteiger partial charge in [0.2, 0.25) is 0 Å². The van der Waals surface area contributed by atoms with E-state index in [1.807, 2.05) is 0 Å². The predicted molar refractivity (Wildman–Crippen MR) is 192 cm³/mol. The Labute approximate surface area is 289 Å². The van der Waals surface area contributed by atoms with Crippen molar-refractivity contribution in [3.63, 3.8) is 0 Å². The monoisotopic (exact) mass is 667 g/mol. The second-order valence-electron chi connectivity index (χ2n) is 13.7. The van der Waals surface area contributed by atoms with Gasteiger partial charge in [0, 0.05) is 19.3 Å². The number of carbonyl (C=O) groups is 4. The molecule has 0 aromatic heterocycles. The molecule has 0 N–H and O–H groups in total. The quantitative estimate of drug-likeness (QED) is 0.0373. The fourth-order valence-electron chi connectivity index (χ4n) is 5.73. The number of esters is 3. The lowest BCUT2D eigenvalue weighted by molar-refractivity contribution is -0.167. The van der Waals surface area contributed by atoms with Gasteiger partial charge < -0.3 is 19.0 Å². The molecule has 0 rings (SSSR count). The minimum atomic E-state index is -0.846. The molecule has 0 aliphatic heterocycles. The van der Waals surface area contributed by atoms with E-state index >= 15 is 0 Å². The maximum atomic E-state index is 12.5. The van der Waals surface area contributed by atoms with Crippen molar-refractivity contribution >= 4 is 23.7 Å². The molecule has 0 unspecified atom stereocenters. The van der Waals surface area contributed by atoms with Gasteiger partial charge in [-0.1, -0.05) is 168 Å². The molecule has 47 heavy (non-hydrogen) atoms. The van der Waals surface area contributed by atoms with E-state index in [2.05, 4.69) is 13.8 Å². The van der Waals surface area contributed by atoms with E-state index in [9.17, 15) is 19.2 Å². The average molecular weight is 667 g/mol. The maximum absolute atomic E-state index is 12.5. The molecule has 0 radical (unpaired) electrons. The molecule has 0 aromatic carbocycles. The van der Waals surface area contributed by atoms with E-state index in [-0.39, 0.29) is 43.8 Å². The summed E-state index contributed by atoms with van der Waals surface area (Å²) in [6.07, 6.45) is 32.0. The predicted octanol–water partition coefficient (Wildman–Crippen LogP) is 11.3. The SMILES string of the molecule is CCCCCCCCCCCCCCCC(=O)OC[C@H](COC(=O)CCC(C)=O)OC(=O)CCCCCCCCCCCCCCC. The van der Waals surface area contributed by atoms with Crippen LogP contribution in [0.15, 0.2) is 0 Å². The zero-order valence-corrected chi connectivity index (χ0v) is 31.1. The highest BCUT2D eigenvalue weighted by molar-refractivity contribution is 5.81. The molecule has 0 aliphatic rings. The topological polar surface area (TPSA) is 96.0 Å². The first-order chi connectivity index (χ1) is 22.9. The van der Waals surface area contributed by atoms with Gasteiger partial charge in [-0.2, -0.15) is 0 Å². The van der Waals surface area contributed by atoms with Crippen molar-refractivity contribution < 1.29 is 33.4 Å². The summed E-state index contributed by atoms with van der Waals surface area (Å²) in [5.74, 6) is -1.32. The van der Waals surface area contributed by atoms with Crippen LogP contribution in [-0.4, -0.2) is 43.0 Å². The third-order valence-electron chi connectivity index (χ3n) is 8.81. The summed E-state index contributed by atoms with van der Waals surface area (Å²) >= 11 is 0. The van der Waals surface area contributed by atoms with Crippen molar-refractivity contribution in [1.82, 2.24) is 0 Å². The fourth-order valence-corrected chi connectivity index (χ4v) is 5.73. The molecular weight excluding hydrogens is 592 g/mol.